The molecular weight excluding hydrogens is 271 g/mol. The summed E-state index contributed by atoms with van der Waals surface area (Å²) in [5.74, 6) is -3.54. The second-order valence-corrected chi connectivity index (χ2v) is 4.01. The highest BCUT2D eigenvalue weighted by molar-refractivity contribution is 5.58. The minimum absolute atomic E-state index is 0.0517. The first-order valence-electron chi connectivity index (χ1n) is 5.74. The molecule has 0 bridgehead atoms. The van der Waals surface area contributed by atoms with E-state index in [-0.39, 0.29) is 18.0 Å². The van der Waals surface area contributed by atoms with Gasteiger partial charge >= 0.3 is 0 Å². The Morgan fingerprint density at radius 1 is 1.10 bits per heavy atom. The van der Waals surface area contributed by atoms with E-state index in [4.69, 9.17) is 4.74 Å². The fourth-order valence-corrected chi connectivity index (χ4v) is 1.66. The highest BCUT2D eigenvalue weighted by atomic mass is 19.2. The van der Waals surface area contributed by atoms with Crippen LogP contribution < -0.4 is 5.32 Å². The summed E-state index contributed by atoms with van der Waals surface area (Å²) < 4.78 is 44.4. The molecule has 2 rings (SSSR count). The van der Waals surface area contributed by atoms with E-state index in [9.17, 15) is 13.2 Å². The molecule has 0 saturated carbocycles. The number of halogens is 3. The van der Waals surface area contributed by atoms with E-state index >= 15 is 0 Å². The minimum Gasteiger partial charge on any atom is -0.378 e. The number of benzene rings is 1. The van der Waals surface area contributed by atoms with Crippen LogP contribution in [-0.4, -0.2) is 24.1 Å². The van der Waals surface area contributed by atoms with E-state index in [0.717, 1.165) is 12.1 Å². The molecule has 1 aromatic heterocycles. The van der Waals surface area contributed by atoms with Crippen molar-refractivity contribution >= 4 is 5.82 Å². The molecule has 0 amide bonds. The number of nitrogens with one attached hydrogen (secondary N) is 1. The van der Waals surface area contributed by atoms with Crippen molar-refractivity contribution in [2.24, 2.45) is 0 Å². The van der Waals surface area contributed by atoms with Crippen LogP contribution in [-0.2, 0) is 11.3 Å². The van der Waals surface area contributed by atoms with Gasteiger partial charge < -0.3 is 10.1 Å². The largest absolute Gasteiger partial charge is 0.378 e. The molecule has 0 radical (unpaired) electrons. The van der Waals surface area contributed by atoms with E-state index in [1.54, 1.807) is 13.1 Å². The second kappa shape index (κ2) is 5.87. The van der Waals surface area contributed by atoms with Crippen LogP contribution >= 0.6 is 0 Å². The maximum Gasteiger partial charge on any atom is 0.194 e. The third-order valence-electron chi connectivity index (χ3n) is 2.57. The fraction of sp³-hybridized carbons (Fsp3) is 0.231. The highest BCUT2D eigenvalue weighted by Crippen LogP contribution is 2.22. The number of aromatic nitrogens is 2. The SMILES string of the molecule is CNc1cc(COC)nc(-c2cc(F)c(F)c(F)c2)n1. The zero-order chi connectivity index (χ0) is 14.7. The Labute approximate surface area is 113 Å². The first-order valence-corrected chi connectivity index (χ1v) is 5.74. The molecule has 0 saturated heterocycles. The first kappa shape index (κ1) is 14.3. The summed E-state index contributed by atoms with van der Waals surface area (Å²) in [4.78, 5) is 8.20. The summed E-state index contributed by atoms with van der Waals surface area (Å²) >= 11 is 0. The third-order valence-corrected chi connectivity index (χ3v) is 2.57. The average molecular weight is 283 g/mol. The zero-order valence-corrected chi connectivity index (χ0v) is 10.9. The number of nitrogens with zero attached hydrogens (tertiary/aromatic N) is 2. The maximum atomic E-state index is 13.2. The van der Waals surface area contributed by atoms with Crippen molar-refractivity contribution in [1.82, 2.24) is 9.97 Å². The molecular formula is C13H12F3N3O. The van der Waals surface area contributed by atoms with Gasteiger partial charge in [0.2, 0.25) is 0 Å². The monoisotopic (exact) mass is 283 g/mol. The smallest absolute Gasteiger partial charge is 0.194 e. The van der Waals surface area contributed by atoms with Crippen molar-refractivity contribution in [2.45, 2.75) is 6.61 Å². The maximum absolute atomic E-state index is 13.2. The molecule has 0 spiro atoms. The number of anilines is 1. The van der Waals surface area contributed by atoms with Crippen LogP contribution in [0.15, 0.2) is 18.2 Å². The molecule has 0 aliphatic carbocycles. The van der Waals surface area contributed by atoms with E-state index in [1.165, 1.54) is 7.11 Å². The van der Waals surface area contributed by atoms with Gasteiger partial charge in [0, 0.05) is 25.8 Å². The highest BCUT2D eigenvalue weighted by Gasteiger charge is 2.14. The van der Waals surface area contributed by atoms with Gasteiger partial charge in [-0.05, 0) is 12.1 Å². The fourth-order valence-electron chi connectivity index (χ4n) is 1.66. The van der Waals surface area contributed by atoms with Crippen molar-refractivity contribution in [1.29, 1.82) is 0 Å². The van der Waals surface area contributed by atoms with Crippen molar-refractivity contribution in [3.8, 4) is 11.4 Å². The van der Waals surface area contributed by atoms with Crippen LogP contribution in [0.4, 0.5) is 19.0 Å². The molecule has 106 valence electrons. The van der Waals surface area contributed by atoms with Gasteiger partial charge in [-0.25, -0.2) is 23.1 Å². The van der Waals surface area contributed by atoms with Gasteiger partial charge in [0.1, 0.15) is 5.82 Å². The molecule has 0 fully saturated rings. The predicted molar refractivity (Wildman–Crippen MR) is 67.6 cm³/mol. The molecule has 0 aliphatic rings. The number of hydrogen-bond acceptors (Lipinski definition) is 4. The summed E-state index contributed by atoms with van der Waals surface area (Å²) in [6, 6.07) is 3.34. The number of ether oxygens (including phenoxy) is 1. The number of rotatable bonds is 4. The van der Waals surface area contributed by atoms with Crippen molar-refractivity contribution in [2.75, 3.05) is 19.5 Å². The molecule has 20 heavy (non-hydrogen) atoms. The summed E-state index contributed by atoms with van der Waals surface area (Å²) in [7, 11) is 3.15. The Morgan fingerprint density at radius 2 is 1.75 bits per heavy atom. The Bertz CT molecular complexity index is 611. The summed E-state index contributed by atoms with van der Waals surface area (Å²) in [6.07, 6.45) is 0. The molecule has 2 aromatic rings. The lowest BCUT2D eigenvalue weighted by Gasteiger charge is -2.08. The number of methoxy groups -OCH3 is 1. The van der Waals surface area contributed by atoms with E-state index in [1.807, 2.05) is 0 Å². The standard InChI is InChI=1S/C13H12F3N3O/c1-17-11-5-8(6-20-2)18-13(19-11)7-3-9(14)12(16)10(15)4-7/h3-5H,6H2,1-2H3,(H,17,18,19). The van der Waals surface area contributed by atoms with Crippen LogP contribution in [0.25, 0.3) is 11.4 Å². The Kier molecular flexibility index (Phi) is 4.19. The van der Waals surface area contributed by atoms with Gasteiger partial charge in [0.05, 0.1) is 12.3 Å². The van der Waals surface area contributed by atoms with E-state index in [0.29, 0.717) is 11.5 Å². The molecule has 7 heteroatoms. The van der Waals surface area contributed by atoms with Crippen LogP contribution in [0.1, 0.15) is 5.69 Å². The lowest BCUT2D eigenvalue weighted by Crippen LogP contribution is -2.03. The van der Waals surface area contributed by atoms with Crippen molar-refractivity contribution in [3.63, 3.8) is 0 Å². The summed E-state index contributed by atoms with van der Waals surface area (Å²) in [6.45, 7) is 0.219. The molecule has 1 N–H and O–H groups in total. The van der Waals surface area contributed by atoms with Gasteiger partial charge in [-0.1, -0.05) is 0 Å². The minimum atomic E-state index is -1.52. The first-order chi connectivity index (χ1) is 9.55. The molecule has 1 aromatic carbocycles. The average Bonchev–Trinajstić information content (AvgIpc) is 2.44. The third kappa shape index (κ3) is 2.88. The van der Waals surface area contributed by atoms with Gasteiger partial charge in [0.25, 0.3) is 0 Å². The van der Waals surface area contributed by atoms with Crippen LogP contribution in [0, 0.1) is 17.5 Å². The van der Waals surface area contributed by atoms with Crippen LogP contribution in [0.5, 0.6) is 0 Å². The van der Waals surface area contributed by atoms with E-state index < -0.39 is 17.5 Å². The Balaban J connectivity index is 2.53. The molecule has 4 nitrogen and oxygen atoms in total. The lowest BCUT2D eigenvalue weighted by atomic mass is 10.2. The zero-order valence-electron chi connectivity index (χ0n) is 10.9. The molecule has 0 aliphatic heterocycles. The molecule has 1 heterocycles. The van der Waals surface area contributed by atoms with Crippen LogP contribution in [0.3, 0.4) is 0 Å². The summed E-state index contributed by atoms with van der Waals surface area (Å²) in [5.41, 5.74) is 0.586. The van der Waals surface area contributed by atoms with Gasteiger partial charge in [-0.15, -0.1) is 0 Å². The van der Waals surface area contributed by atoms with Gasteiger partial charge in [0.15, 0.2) is 23.3 Å². The second-order valence-electron chi connectivity index (χ2n) is 4.01. The van der Waals surface area contributed by atoms with Gasteiger partial charge in [-0.3, -0.25) is 0 Å². The summed E-state index contributed by atoms with van der Waals surface area (Å²) in [5, 5.41) is 2.81. The number of hydrogen-bond donors (Lipinski definition) is 1. The van der Waals surface area contributed by atoms with Crippen molar-refractivity contribution < 1.29 is 17.9 Å². The van der Waals surface area contributed by atoms with E-state index in [2.05, 4.69) is 15.3 Å². The quantitative estimate of drug-likeness (QED) is 0.876. The Hall–Kier alpha value is -2.15. The topological polar surface area (TPSA) is 47.0 Å². The van der Waals surface area contributed by atoms with Crippen molar-refractivity contribution in [3.05, 3.63) is 41.3 Å². The lowest BCUT2D eigenvalue weighted by molar-refractivity contribution is 0.181. The predicted octanol–water partition coefficient (Wildman–Crippen LogP) is 2.75. The Morgan fingerprint density at radius 3 is 2.30 bits per heavy atom. The van der Waals surface area contributed by atoms with Gasteiger partial charge in [-0.2, -0.15) is 0 Å². The molecule has 0 atom stereocenters. The molecule has 0 unspecified atom stereocenters. The normalized spacial score (nSPS) is 10.7. The van der Waals surface area contributed by atoms with Crippen LogP contribution in [0.2, 0.25) is 0 Å².